The molecule has 4 heteroatoms. The Labute approximate surface area is 83.8 Å². The average Bonchev–Trinajstić information content (AvgIpc) is 2.16. The van der Waals surface area contributed by atoms with Gasteiger partial charge in [0.2, 0.25) is 0 Å². The third-order valence-corrected chi connectivity index (χ3v) is 2.01. The molecule has 1 aromatic rings. The fourth-order valence-electron chi connectivity index (χ4n) is 1.39. The zero-order chi connectivity index (χ0) is 10.6. The van der Waals surface area contributed by atoms with Crippen LogP contribution in [0.25, 0.3) is 0 Å². The van der Waals surface area contributed by atoms with E-state index < -0.39 is 6.10 Å². The van der Waals surface area contributed by atoms with Crippen molar-refractivity contribution in [1.29, 1.82) is 0 Å². The summed E-state index contributed by atoms with van der Waals surface area (Å²) in [4.78, 5) is 5.87. The molecule has 0 bridgehead atoms. The zero-order valence-electron chi connectivity index (χ0n) is 8.51. The van der Waals surface area contributed by atoms with Gasteiger partial charge >= 0.3 is 0 Å². The number of nitrogens with zero attached hydrogens (tertiary/aromatic N) is 2. The van der Waals surface area contributed by atoms with Gasteiger partial charge in [0.1, 0.15) is 0 Å². The lowest BCUT2D eigenvalue weighted by atomic mass is 10.2. The first-order valence-electron chi connectivity index (χ1n) is 4.58. The third kappa shape index (κ3) is 2.68. The smallest absolute Gasteiger partial charge is 0.0703 e. The lowest BCUT2D eigenvalue weighted by Crippen LogP contribution is -2.27. The second-order valence-electron chi connectivity index (χ2n) is 3.39. The molecule has 0 radical (unpaired) electrons. The molecule has 1 atom stereocenters. The van der Waals surface area contributed by atoms with Crippen molar-refractivity contribution in [3.8, 4) is 0 Å². The van der Waals surface area contributed by atoms with E-state index in [1.54, 1.807) is 25.4 Å². The Balaban J connectivity index is 2.82. The summed E-state index contributed by atoms with van der Waals surface area (Å²) < 4.78 is 0. The minimum absolute atomic E-state index is 0.0119. The number of aliphatic hydroxyl groups is 2. The van der Waals surface area contributed by atoms with Gasteiger partial charge in [0, 0.05) is 25.4 Å². The van der Waals surface area contributed by atoms with Crippen LogP contribution in [0, 0.1) is 0 Å². The normalized spacial score (nSPS) is 12.6. The third-order valence-electron chi connectivity index (χ3n) is 2.01. The van der Waals surface area contributed by atoms with E-state index >= 15 is 0 Å². The minimum atomic E-state index is -0.397. The Bertz CT molecular complexity index is 289. The zero-order valence-corrected chi connectivity index (χ0v) is 8.51. The van der Waals surface area contributed by atoms with Crippen molar-refractivity contribution in [2.45, 2.75) is 19.6 Å². The van der Waals surface area contributed by atoms with E-state index in [9.17, 15) is 5.11 Å². The van der Waals surface area contributed by atoms with E-state index in [1.807, 2.05) is 11.9 Å². The fourth-order valence-corrected chi connectivity index (χ4v) is 1.39. The lowest BCUT2D eigenvalue weighted by Gasteiger charge is -2.22. The van der Waals surface area contributed by atoms with Gasteiger partial charge in [-0.3, -0.25) is 4.98 Å². The predicted molar refractivity (Wildman–Crippen MR) is 55.1 cm³/mol. The molecule has 0 saturated heterocycles. The molecule has 0 aliphatic rings. The van der Waals surface area contributed by atoms with Gasteiger partial charge in [0.15, 0.2) is 0 Å². The maximum absolute atomic E-state index is 9.22. The van der Waals surface area contributed by atoms with Gasteiger partial charge in [-0.05, 0) is 13.0 Å². The Morgan fingerprint density at radius 2 is 2.29 bits per heavy atom. The van der Waals surface area contributed by atoms with Crippen LogP contribution in [0.2, 0.25) is 0 Å². The van der Waals surface area contributed by atoms with Crippen LogP contribution in [0.3, 0.4) is 0 Å². The number of likely N-dealkylation sites (N-methyl/N-ethyl adjacent to an activating group) is 1. The van der Waals surface area contributed by atoms with E-state index in [4.69, 9.17) is 5.11 Å². The number of rotatable bonds is 4. The number of hydrogen-bond donors (Lipinski definition) is 2. The highest BCUT2D eigenvalue weighted by molar-refractivity contribution is 5.50. The van der Waals surface area contributed by atoms with Crippen LogP contribution in [-0.2, 0) is 6.61 Å². The Morgan fingerprint density at radius 1 is 1.57 bits per heavy atom. The van der Waals surface area contributed by atoms with Gasteiger partial charge in [-0.2, -0.15) is 0 Å². The van der Waals surface area contributed by atoms with Crippen molar-refractivity contribution in [3.63, 3.8) is 0 Å². The van der Waals surface area contributed by atoms with E-state index in [2.05, 4.69) is 4.98 Å². The summed E-state index contributed by atoms with van der Waals surface area (Å²) in [5.74, 6) is 0. The van der Waals surface area contributed by atoms with Crippen molar-refractivity contribution < 1.29 is 10.2 Å². The molecule has 2 N–H and O–H groups in total. The number of aromatic nitrogens is 1. The summed E-state index contributed by atoms with van der Waals surface area (Å²) in [6.07, 6.45) is 2.94. The minimum Gasteiger partial charge on any atom is -0.392 e. The molecular weight excluding hydrogens is 180 g/mol. The van der Waals surface area contributed by atoms with Crippen molar-refractivity contribution in [3.05, 3.63) is 24.0 Å². The van der Waals surface area contributed by atoms with Crippen molar-refractivity contribution in [2.75, 3.05) is 18.5 Å². The van der Waals surface area contributed by atoms with Gasteiger partial charge in [-0.1, -0.05) is 0 Å². The molecule has 0 aliphatic heterocycles. The summed E-state index contributed by atoms with van der Waals surface area (Å²) in [6, 6.07) is 1.77. The quantitative estimate of drug-likeness (QED) is 0.731. The van der Waals surface area contributed by atoms with Crippen LogP contribution in [0.4, 0.5) is 5.69 Å². The van der Waals surface area contributed by atoms with Crippen LogP contribution >= 0.6 is 0 Å². The van der Waals surface area contributed by atoms with Crippen LogP contribution in [-0.4, -0.2) is 34.9 Å². The van der Waals surface area contributed by atoms with Crippen molar-refractivity contribution in [1.82, 2.24) is 4.98 Å². The molecular formula is C10H16N2O2. The van der Waals surface area contributed by atoms with Gasteiger partial charge in [0.05, 0.1) is 24.6 Å². The first kappa shape index (κ1) is 10.9. The standard InChI is InChI=1S/C10H16N2O2/c1-8(14)6-12(2)10-5-11-4-3-9(10)7-13/h3-5,8,13-14H,6-7H2,1-2H3. The fraction of sp³-hybridized carbons (Fsp3) is 0.500. The van der Waals surface area contributed by atoms with E-state index in [-0.39, 0.29) is 6.61 Å². The summed E-state index contributed by atoms with van der Waals surface area (Å²) in [5, 5.41) is 18.3. The Hall–Kier alpha value is -1.13. The summed E-state index contributed by atoms with van der Waals surface area (Å²) in [7, 11) is 1.86. The van der Waals surface area contributed by atoms with Crippen molar-refractivity contribution in [2.24, 2.45) is 0 Å². The molecule has 0 fully saturated rings. The number of hydrogen-bond acceptors (Lipinski definition) is 4. The van der Waals surface area contributed by atoms with E-state index in [0.29, 0.717) is 6.54 Å². The molecule has 0 aromatic carbocycles. The largest absolute Gasteiger partial charge is 0.392 e. The summed E-state index contributed by atoms with van der Waals surface area (Å²) in [6.45, 7) is 2.24. The van der Waals surface area contributed by atoms with E-state index in [0.717, 1.165) is 11.3 Å². The molecule has 0 saturated carbocycles. The molecule has 1 heterocycles. The molecule has 1 unspecified atom stereocenters. The molecule has 1 aromatic heterocycles. The second-order valence-corrected chi connectivity index (χ2v) is 3.39. The highest BCUT2D eigenvalue weighted by Crippen LogP contribution is 2.17. The van der Waals surface area contributed by atoms with E-state index in [1.165, 1.54) is 0 Å². The lowest BCUT2D eigenvalue weighted by molar-refractivity contribution is 0.201. The molecule has 1 rings (SSSR count). The monoisotopic (exact) mass is 196 g/mol. The molecule has 14 heavy (non-hydrogen) atoms. The van der Waals surface area contributed by atoms with Gasteiger partial charge in [0.25, 0.3) is 0 Å². The molecule has 0 aliphatic carbocycles. The SMILES string of the molecule is CC(O)CN(C)c1cnccc1CO. The Kier molecular flexibility index (Phi) is 3.85. The van der Waals surface area contributed by atoms with Crippen LogP contribution in [0.15, 0.2) is 18.5 Å². The second kappa shape index (κ2) is 4.93. The number of pyridine rings is 1. The molecule has 0 amide bonds. The highest BCUT2D eigenvalue weighted by Gasteiger charge is 2.08. The van der Waals surface area contributed by atoms with Gasteiger partial charge in [-0.25, -0.2) is 0 Å². The molecule has 78 valence electrons. The highest BCUT2D eigenvalue weighted by atomic mass is 16.3. The number of aliphatic hydroxyl groups excluding tert-OH is 2. The van der Waals surface area contributed by atoms with Gasteiger partial charge in [-0.15, -0.1) is 0 Å². The predicted octanol–water partition coefficient (Wildman–Crippen LogP) is 0.391. The molecule has 4 nitrogen and oxygen atoms in total. The van der Waals surface area contributed by atoms with Gasteiger partial charge < -0.3 is 15.1 Å². The maximum Gasteiger partial charge on any atom is 0.0703 e. The number of anilines is 1. The summed E-state index contributed by atoms with van der Waals surface area (Å²) >= 11 is 0. The first-order valence-corrected chi connectivity index (χ1v) is 4.58. The Morgan fingerprint density at radius 3 is 2.86 bits per heavy atom. The van der Waals surface area contributed by atoms with Crippen LogP contribution < -0.4 is 4.90 Å². The average molecular weight is 196 g/mol. The van der Waals surface area contributed by atoms with Crippen LogP contribution in [0.5, 0.6) is 0 Å². The van der Waals surface area contributed by atoms with Crippen LogP contribution in [0.1, 0.15) is 12.5 Å². The molecule has 0 spiro atoms. The first-order chi connectivity index (χ1) is 6.65. The maximum atomic E-state index is 9.22. The van der Waals surface area contributed by atoms with Crippen molar-refractivity contribution >= 4 is 5.69 Å². The topological polar surface area (TPSA) is 56.6 Å². The summed E-state index contributed by atoms with van der Waals surface area (Å²) in [5.41, 5.74) is 1.68.